The molecule has 5 heteroatoms. The number of rotatable bonds is 4. The smallest absolute Gasteiger partial charge is 0.167 e. The summed E-state index contributed by atoms with van der Waals surface area (Å²) in [5.41, 5.74) is 0. The number of ether oxygens (including phenoxy) is 2. The van der Waals surface area contributed by atoms with E-state index in [1.54, 1.807) is 7.11 Å². The highest BCUT2D eigenvalue weighted by Gasteiger charge is 2.19. The van der Waals surface area contributed by atoms with Crippen molar-refractivity contribution >= 4 is 20.6 Å². The molecule has 0 aromatic heterocycles. The van der Waals surface area contributed by atoms with Gasteiger partial charge in [-0.05, 0) is 40.2 Å². The SMILES string of the molecule is COc1ccc(OCC2CC(Br)=NO2)cc1. The van der Waals surface area contributed by atoms with Crippen molar-refractivity contribution < 1.29 is 14.3 Å². The maximum absolute atomic E-state index is 5.56. The summed E-state index contributed by atoms with van der Waals surface area (Å²) in [6, 6.07) is 7.45. The average molecular weight is 286 g/mol. The van der Waals surface area contributed by atoms with Crippen LogP contribution in [0.3, 0.4) is 0 Å². The Balaban J connectivity index is 1.81. The van der Waals surface area contributed by atoms with E-state index in [4.69, 9.17) is 14.3 Å². The molecule has 1 atom stereocenters. The molecule has 0 saturated carbocycles. The fourth-order valence-corrected chi connectivity index (χ4v) is 1.79. The second kappa shape index (κ2) is 5.21. The molecule has 16 heavy (non-hydrogen) atoms. The van der Waals surface area contributed by atoms with Crippen molar-refractivity contribution in [2.24, 2.45) is 5.16 Å². The van der Waals surface area contributed by atoms with Gasteiger partial charge in [0.25, 0.3) is 0 Å². The van der Waals surface area contributed by atoms with Gasteiger partial charge in [0.05, 0.1) is 7.11 Å². The van der Waals surface area contributed by atoms with Crippen molar-refractivity contribution in [3.63, 3.8) is 0 Å². The van der Waals surface area contributed by atoms with E-state index in [1.807, 2.05) is 24.3 Å². The van der Waals surface area contributed by atoms with E-state index in [1.165, 1.54) is 0 Å². The van der Waals surface area contributed by atoms with E-state index < -0.39 is 0 Å². The zero-order valence-electron chi connectivity index (χ0n) is 8.85. The van der Waals surface area contributed by atoms with Crippen LogP contribution < -0.4 is 9.47 Å². The number of halogens is 1. The van der Waals surface area contributed by atoms with Gasteiger partial charge in [-0.15, -0.1) is 0 Å². The van der Waals surface area contributed by atoms with Crippen LogP contribution in [0, 0.1) is 0 Å². The van der Waals surface area contributed by atoms with Gasteiger partial charge < -0.3 is 14.3 Å². The van der Waals surface area contributed by atoms with Crippen LogP contribution in [0.25, 0.3) is 0 Å². The van der Waals surface area contributed by atoms with Crippen LogP contribution in [0.4, 0.5) is 0 Å². The van der Waals surface area contributed by atoms with Gasteiger partial charge in [0.1, 0.15) is 22.7 Å². The van der Waals surface area contributed by atoms with Crippen LogP contribution in [0.2, 0.25) is 0 Å². The number of methoxy groups -OCH3 is 1. The van der Waals surface area contributed by atoms with Gasteiger partial charge >= 0.3 is 0 Å². The Kier molecular flexibility index (Phi) is 3.66. The quantitative estimate of drug-likeness (QED) is 0.854. The molecule has 1 aliphatic rings. The third-order valence-electron chi connectivity index (χ3n) is 2.19. The third kappa shape index (κ3) is 2.88. The van der Waals surface area contributed by atoms with Crippen LogP contribution in [0.1, 0.15) is 6.42 Å². The van der Waals surface area contributed by atoms with E-state index in [2.05, 4.69) is 21.1 Å². The maximum atomic E-state index is 5.56. The number of hydrogen-bond acceptors (Lipinski definition) is 4. The first-order chi connectivity index (χ1) is 7.78. The molecule has 0 amide bonds. The lowest BCUT2D eigenvalue weighted by Crippen LogP contribution is -2.17. The van der Waals surface area contributed by atoms with Crippen molar-refractivity contribution in [1.82, 2.24) is 0 Å². The molecule has 0 saturated heterocycles. The van der Waals surface area contributed by atoms with Crippen LogP contribution in [0.15, 0.2) is 29.4 Å². The molecule has 1 aliphatic heterocycles. The van der Waals surface area contributed by atoms with Gasteiger partial charge in [-0.2, -0.15) is 0 Å². The number of nitrogens with zero attached hydrogens (tertiary/aromatic N) is 1. The minimum atomic E-state index is -0.00326. The summed E-state index contributed by atoms with van der Waals surface area (Å²) in [7, 11) is 1.64. The molecular weight excluding hydrogens is 274 g/mol. The van der Waals surface area contributed by atoms with E-state index >= 15 is 0 Å². The zero-order chi connectivity index (χ0) is 11.4. The van der Waals surface area contributed by atoms with Gasteiger partial charge in [-0.3, -0.25) is 0 Å². The summed E-state index contributed by atoms with van der Waals surface area (Å²) < 4.78 is 11.4. The fourth-order valence-electron chi connectivity index (χ4n) is 1.34. The van der Waals surface area contributed by atoms with Crippen LogP contribution in [-0.4, -0.2) is 24.4 Å². The van der Waals surface area contributed by atoms with Crippen LogP contribution in [-0.2, 0) is 4.84 Å². The summed E-state index contributed by atoms with van der Waals surface area (Å²) in [5.74, 6) is 1.61. The van der Waals surface area contributed by atoms with Gasteiger partial charge in [-0.1, -0.05) is 5.16 Å². The van der Waals surface area contributed by atoms with Crippen LogP contribution >= 0.6 is 15.9 Å². The summed E-state index contributed by atoms with van der Waals surface area (Å²) in [4.78, 5) is 5.12. The Labute approximate surface area is 102 Å². The number of hydrogen-bond donors (Lipinski definition) is 0. The molecule has 2 rings (SSSR count). The minimum Gasteiger partial charge on any atom is -0.497 e. The average Bonchev–Trinajstić information content (AvgIpc) is 2.73. The summed E-state index contributed by atoms with van der Waals surface area (Å²) in [5, 5.41) is 3.79. The summed E-state index contributed by atoms with van der Waals surface area (Å²) >= 11 is 3.28. The lowest BCUT2D eigenvalue weighted by atomic mass is 10.3. The van der Waals surface area contributed by atoms with Crippen molar-refractivity contribution in [2.75, 3.05) is 13.7 Å². The second-order valence-electron chi connectivity index (χ2n) is 3.39. The molecule has 86 valence electrons. The summed E-state index contributed by atoms with van der Waals surface area (Å²) in [6.45, 7) is 0.491. The highest BCUT2D eigenvalue weighted by molar-refractivity contribution is 9.18. The Bertz CT molecular complexity index is 377. The fraction of sp³-hybridized carbons (Fsp3) is 0.364. The largest absolute Gasteiger partial charge is 0.497 e. The van der Waals surface area contributed by atoms with E-state index in [0.29, 0.717) is 6.61 Å². The Morgan fingerprint density at radius 3 is 2.62 bits per heavy atom. The maximum Gasteiger partial charge on any atom is 0.167 e. The first-order valence-corrected chi connectivity index (χ1v) is 5.72. The molecule has 0 radical (unpaired) electrons. The number of benzene rings is 1. The topological polar surface area (TPSA) is 40.0 Å². The molecule has 0 spiro atoms. The van der Waals surface area contributed by atoms with E-state index in [-0.39, 0.29) is 6.10 Å². The van der Waals surface area contributed by atoms with Crippen LogP contribution in [0.5, 0.6) is 11.5 Å². The molecule has 1 unspecified atom stereocenters. The minimum absolute atomic E-state index is 0.00326. The molecule has 0 bridgehead atoms. The van der Waals surface area contributed by atoms with Gasteiger partial charge in [-0.25, -0.2) is 0 Å². The predicted octanol–water partition coefficient (Wildman–Crippen LogP) is 2.57. The molecule has 1 aromatic carbocycles. The first kappa shape index (κ1) is 11.3. The molecule has 1 aromatic rings. The van der Waals surface area contributed by atoms with Crippen molar-refractivity contribution in [3.05, 3.63) is 24.3 Å². The molecule has 0 aliphatic carbocycles. The Morgan fingerprint density at radius 2 is 2.06 bits per heavy atom. The lowest BCUT2D eigenvalue weighted by Gasteiger charge is -2.10. The Hall–Kier alpha value is -1.23. The third-order valence-corrected chi connectivity index (χ3v) is 2.66. The zero-order valence-corrected chi connectivity index (χ0v) is 10.4. The van der Waals surface area contributed by atoms with Crippen molar-refractivity contribution in [3.8, 4) is 11.5 Å². The number of oxime groups is 1. The van der Waals surface area contributed by atoms with E-state index in [9.17, 15) is 0 Å². The normalized spacial score (nSPS) is 18.9. The standard InChI is InChI=1S/C11H12BrNO3/c1-14-8-2-4-9(5-3-8)15-7-10-6-11(12)13-16-10/h2-5,10H,6-7H2,1H3. The predicted molar refractivity (Wildman–Crippen MR) is 64.3 cm³/mol. The summed E-state index contributed by atoms with van der Waals surface area (Å²) in [6.07, 6.45) is 0.757. The highest BCUT2D eigenvalue weighted by atomic mass is 79.9. The van der Waals surface area contributed by atoms with Gasteiger partial charge in [0, 0.05) is 6.42 Å². The molecular formula is C11H12BrNO3. The second-order valence-corrected chi connectivity index (χ2v) is 4.30. The molecule has 1 heterocycles. The van der Waals surface area contributed by atoms with Crippen molar-refractivity contribution in [2.45, 2.75) is 12.5 Å². The van der Waals surface area contributed by atoms with E-state index in [0.717, 1.165) is 22.5 Å². The monoisotopic (exact) mass is 285 g/mol. The van der Waals surface area contributed by atoms with Gasteiger partial charge in [0.15, 0.2) is 6.10 Å². The molecule has 0 N–H and O–H groups in total. The lowest BCUT2D eigenvalue weighted by molar-refractivity contribution is 0.0471. The van der Waals surface area contributed by atoms with Crippen molar-refractivity contribution in [1.29, 1.82) is 0 Å². The highest BCUT2D eigenvalue weighted by Crippen LogP contribution is 2.19. The van der Waals surface area contributed by atoms with Gasteiger partial charge in [0.2, 0.25) is 0 Å². The first-order valence-electron chi connectivity index (χ1n) is 4.93. The molecule has 4 nitrogen and oxygen atoms in total. The Morgan fingerprint density at radius 1 is 1.38 bits per heavy atom. The molecule has 0 fully saturated rings.